The number of hydrogen-bond donors (Lipinski definition) is 2. The second kappa shape index (κ2) is 5.71. The quantitative estimate of drug-likeness (QED) is 0.858. The van der Waals surface area contributed by atoms with Gasteiger partial charge in [-0.05, 0) is 19.3 Å². The Morgan fingerprint density at radius 1 is 1.39 bits per heavy atom. The lowest BCUT2D eigenvalue weighted by Gasteiger charge is -2.26. The van der Waals surface area contributed by atoms with Crippen molar-refractivity contribution < 1.29 is 9.32 Å². The third-order valence-electron chi connectivity index (χ3n) is 3.58. The molecule has 1 aliphatic carbocycles. The summed E-state index contributed by atoms with van der Waals surface area (Å²) >= 11 is 0. The van der Waals surface area contributed by atoms with E-state index >= 15 is 0 Å². The van der Waals surface area contributed by atoms with Gasteiger partial charge in [0.25, 0.3) is 5.91 Å². The summed E-state index contributed by atoms with van der Waals surface area (Å²) in [7, 11) is 0. The van der Waals surface area contributed by atoms with E-state index in [1.807, 2.05) is 0 Å². The fourth-order valence-electron chi connectivity index (χ4n) is 2.38. The number of hydrogen-bond acceptors (Lipinski definition) is 4. The number of carbonyl (C=O) groups excluding carboxylic acids is 1. The van der Waals surface area contributed by atoms with Crippen LogP contribution in [-0.2, 0) is 12.8 Å². The number of nitrogens with zero attached hydrogens (tertiary/aromatic N) is 1. The SMILES string of the molecule is Cl.O=C(NCC1CNC1)c1noc2c1CCCC2. The number of nitrogens with one attached hydrogen (secondary N) is 2. The minimum Gasteiger partial charge on any atom is -0.360 e. The molecule has 2 aliphatic rings. The van der Waals surface area contributed by atoms with E-state index in [4.69, 9.17) is 4.52 Å². The van der Waals surface area contributed by atoms with E-state index < -0.39 is 0 Å². The van der Waals surface area contributed by atoms with Crippen LogP contribution in [0.25, 0.3) is 0 Å². The summed E-state index contributed by atoms with van der Waals surface area (Å²) in [5, 5.41) is 10.0. The maximum atomic E-state index is 12.0. The summed E-state index contributed by atoms with van der Waals surface area (Å²) in [4.78, 5) is 12.0. The van der Waals surface area contributed by atoms with E-state index in [2.05, 4.69) is 15.8 Å². The van der Waals surface area contributed by atoms with Gasteiger partial charge in [-0.25, -0.2) is 0 Å². The Balaban J connectivity index is 0.00000120. The van der Waals surface area contributed by atoms with E-state index in [9.17, 15) is 4.79 Å². The molecule has 100 valence electrons. The summed E-state index contributed by atoms with van der Waals surface area (Å²) < 4.78 is 5.23. The van der Waals surface area contributed by atoms with E-state index in [-0.39, 0.29) is 18.3 Å². The molecule has 3 rings (SSSR count). The highest BCUT2D eigenvalue weighted by atomic mass is 35.5. The molecule has 0 saturated carbocycles. The van der Waals surface area contributed by atoms with Crippen LogP contribution in [0.4, 0.5) is 0 Å². The Kier molecular flexibility index (Phi) is 4.24. The first kappa shape index (κ1) is 13.4. The number of carbonyl (C=O) groups is 1. The van der Waals surface area contributed by atoms with Gasteiger partial charge in [0.05, 0.1) is 0 Å². The van der Waals surface area contributed by atoms with Crippen molar-refractivity contribution in [3.63, 3.8) is 0 Å². The molecule has 2 heterocycles. The molecule has 1 aromatic heterocycles. The topological polar surface area (TPSA) is 67.2 Å². The standard InChI is InChI=1S/C12H17N3O2.ClH/c16-12(14-7-8-5-13-6-8)11-9-3-1-2-4-10(9)17-15-11;/h8,13H,1-7H2,(H,14,16);1H. The highest BCUT2D eigenvalue weighted by molar-refractivity contribution is 5.93. The van der Waals surface area contributed by atoms with Crippen LogP contribution in [0.5, 0.6) is 0 Å². The minimum absolute atomic E-state index is 0. The zero-order valence-electron chi connectivity index (χ0n) is 10.2. The number of fused-ring (bicyclic) bond motifs is 1. The predicted molar refractivity (Wildman–Crippen MR) is 69.1 cm³/mol. The predicted octanol–water partition coefficient (Wildman–Crippen LogP) is 0.924. The van der Waals surface area contributed by atoms with Crippen molar-refractivity contribution in [2.75, 3.05) is 19.6 Å². The second-order valence-corrected chi connectivity index (χ2v) is 4.87. The molecular weight excluding hydrogens is 254 g/mol. The zero-order chi connectivity index (χ0) is 11.7. The van der Waals surface area contributed by atoms with Crippen LogP contribution < -0.4 is 10.6 Å². The van der Waals surface area contributed by atoms with Crippen molar-refractivity contribution in [3.8, 4) is 0 Å². The molecule has 1 saturated heterocycles. The summed E-state index contributed by atoms with van der Waals surface area (Å²) in [5.74, 6) is 1.40. The van der Waals surface area contributed by atoms with Crippen LogP contribution in [0.3, 0.4) is 0 Å². The van der Waals surface area contributed by atoms with Gasteiger partial charge in [-0.1, -0.05) is 5.16 Å². The molecule has 5 nitrogen and oxygen atoms in total. The molecule has 0 radical (unpaired) electrons. The third-order valence-corrected chi connectivity index (χ3v) is 3.58. The Hall–Kier alpha value is -1.07. The first-order valence-electron chi connectivity index (χ1n) is 6.31. The number of aryl methyl sites for hydroxylation is 1. The van der Waals surface area contributed by atoms with E-state index in [0.29, 0.717) is 11.6 Å². The molecule has 0 unspecified atom stereocenters. The summed E-state index contributed by atoms with van der Waals surface area (Å²) in [6.45, 7) is 2.72. The van der Waals surface area contributed by atoms with Gasteiger partial charge in [0.1, 0.15) is 5.76 Å². The zero-order valence-corrected chi connectivity index (χ0v) is 11.0. The lowest BCUT2D eigenvalue weighted by atomic mass is 9.96. The smallest absolute Gasteiger partial charge is 0.273 e. The van der Waals surface area contributed by atoms with E-state index in [1.54, 1.807) is 0 Å². The molecule has 1 amide bonds. The third kappa shape index (κ3) is 2.52. The maximum Gasteiger partial charge on any atom is 0.273 e. The van der Waals surface area contributed by atoms with Crippen LogP contribution in [0.1, 0.15) is 34.7 Å². The van der Waals surface area contributed by atoms with Gasteiger partial charge in [-0.2, -0.15) is 0 Å². The summed E-state index contributed by atoms with van der Waals surface area (Å²) in [6.07, 6.45) is 4.10. The lowest BCUT2D eigenvalue weighted by molar-refractivity contribution is 0.0932. The van der Waals surface area contributed by atoms with Gasteiger partial charge in [-0.15, -0.1) is 12.4 Å². The van der Waals surface area contributed by atoms with E-state index in [1.165, 1.54) is 0 Å². The van der Waals surface area contributed by atoms with E-state index in [0.717, 1.165) is 56.6 Å². The van der Waals surface area contributed by atoms with Crippen molar-refractivity contribution in [2.45, 2.75) is 25.7 Å². The van der Waals surface area contributed by atoms with Gasteiger partial charge in [0, 0.05) is 37.5 Å². The molecule has 1 fully saturated rings. The van der Waals surface area contributed by atoms with Crippen LogP contribution in [0.15, 0.2) is 4.52 Å². The second-order valence-electron chi connectivity index (χ2n) is 4.87. The van der Waals surface area contributed by atoms with Gasteiger partial charge < -0.3 is 15.2 Å². The van der Waals surface area contributed by atoms with Crippen LogP contribution >= 0.6 is 12.4 Å². The summed E-state index contributed by atoms with van der Waals surface area (Å²) in [6, 6.07) is 0. The Morgan fingerprint density at radius 2 is 2.17 bits per heavy atom. The Labute approximate surface area is 112 Å². The average molecular weight is 272 g/mol. The number of rotatable bonds is 3. The summed E-state index contributed by atoms with van der Waals surface area (Å²) in [5.41, 5.74) is 1.53. The van der Waals surface area contributed by atoms with Gasteiger partial charge >= 0.3 is 0 Å². The molecule has 1 aliphatic heterocycles. The van der Waals surface area contributed by atoms with Gasteiger partial charge in [-0.3, -0.25) is 4.79 Å². The number of halogens is 1. The molecular formula is C12H18ClN3O2. The Bertz CT molecular complexity index is 429. The van der Waals surface area contributed by atoms with Crippen LogP contribution in [-0.4, -0.2) is 30.7 Å². The normalized spacial score (nSPS) is 18.4. The molecule has 0 spiro atoms. The molecule has 1 aromatic rings. The molecule has 0 aromatic carbocycles. The fourth-order valence-corrected chi connectivity index (χ4v) is 2.38. The monoisotopic (exact) mass is 271 g/mol. The largest absolute Gasteiger partial charge is 0.360 e. The highest BCUT2D eigenvalue weighted by Gasteiger charge is 2.25. The highest BCUT2D eigenvalue weighted by Crippen LogP contribution is 2.24. The van der Waals surface area contributed by atoms with Crippen molar-refractivity contribution in [3.05, 3.63) is 17.0 Å². The number of amides is 1. The molecule has 0 bridgehead atoms. The molecule has 0 atom stereocenters. The fraction of sp³-hybridized carbons (Fsp3) is 0.667. The maximum absolute atomic E-state index is 12.0. The number of aromatic nitrogens is 1. The Morgan fingerprint density at radius 3 is 2.89 bits per heavy atom. The minimum atomic E-state index is -0.0798. The first-order chi connectivity index (χ1) is 8.34. The van der Waals surface area contributed by atoms with Crippen molar-refractivity contribution in [2.24, 2.45) is 5.92 Å². The van der Waals surface area contributed by atoms with Crippen LogP contribution in [0, 0.1) is 5.92 Å². The van der Waals surface area contributed by atoms with Crippen molar-refractivity contribution in [1.29, 1.82) is 0 Å². The molecule has 18 heavy (non-hydrogen) atoms. The molecule has 6 heteroatoms. The van der Waals surface area contributed by atoms with Crippen molar-refractivity contribution in [1.82, 2.24) is 15.8 Å². The average Bonchev–Trinajstić information content (AvgIpc) is 2.70. The lowest BCUT2D eigenvalue weighted by Crippen LogP contribution is -2.48. The van der Waals surface area contributed by atoms with Gasteiger partial charge in [0.2, 0.25) is 0 Å². The van der Waals surface area contributed by atoms with Crippen molar-refractivity contribution >= 4 is 18.3 Å². The van der Waals surface area contributed by atoms with Crippen LogP contribution in [0.2, 0.25) is 0 Å². The molecule has 2 N–H and O–H groups in total. The first-order valence-corrected chi connectivity index (χ1v) is 6.31. The van der Waals surface area contributed by atoms with Gasteiger partial charge in [0.15, 0.2) is 5.69 Å².